The Balaban J connectivity index is 2.27. The molecule has 30 heavy (non-hydrogen) atoms. The van der Waals surface area contributed by atoms with E-state index in [1.165, 1.54) is 29.6 Å². The summed E-state index contributed by atoms with van der Waals surface area (Å²) in [7, 11) is -2.18. The van der Waals surface area contributed by atoms with Gasteiger partial charge in [-0.2, -0.15) is 4.31 Å². The third-order valence-electron chi connectivity index (χ3n) is 4.98. The number of fused-ring (bicyclic) bond motifs is 1. The molecule has 2 aromatic carbocycles. The van der Waals surface area contributed by atoms with Gasteiger partial charge in [-0.3, -0.25) is 0 Å². The molecule has 0 radical (unpaired) electrons. The Morgan fingerprint density at radius 1 is 1.10 bits per heavy atom. The quantitative estimate of drug-likeness (QED) is 0.612. The maximum Gasteiger partial charge on any atom is 0.336 e. The van der Waals surface area contributed by atoms with Crippen LogP contribution in [0, 0.1) is 6.92 Å². The predicted octanol–water partition coefficient (Wildman–Crippen LogP) is 3.95. The van der Waals surface area contributed by atoms with E-state index in [2.05, 4.69) is 4.98 Å². The highest BCUT2D eigenvalue weighted by Gasteiger charge is 2.23. The normalized spacial score (nSPS) is 11.8. The van der Waals surface area contributed by atoms with Crippen molar-refractivity contribution in [2.24, 2.45) is 0 Å². The summed E-state index contributed by atoms with van der Waals surface area (Å²) in [4.78, 5) is 16.6. The van der Waals surface area contributed by atoms with E-state index in [1.54, 1.807) is 26.0 Å². The minimum absolute atomic E-state index is 0.0184. The minimum atomic E-state index is -3.72. The fourth-order valence-corrected chi connectivity index (χ4v) is 4.90. The zero-order valence-electron chi connectivity index (χ0n) is 17.3. The van der Waals surface area contributed by atoms with E-state index in [9.17, 15) is 18.3 Å². The number of methoxy groups -OCH3 is 1. The second-order valence-corrected chi connectivity index (χ2v) is 8.77. The van der Waals surface area contributed by atoms with Gasteiger partial charge in [0.05, 0.1) is 28.8 Å². The number of carboxylic acids is 1. The summed E-state index contributed by atoms with van der Waals surface area (Å²) in [6, 6.07) is 11.4. The van der Waals surface area contributed by atoms with Crippen LogP contribution in [-0.4, -0.2) is 49.0 Å². The highest BCUT2D eigenvalue weighted by atomic mass is 32.2. The molecule has 0 saturated carbocycles. The van der Waals surface area contributed by atoms with Crippen LogP contribution >= 0.6 is 0 Å². The first-order valence-corrected chi connectivity index (χ1v) is 11.0. The summed E-state index contributed by atoms with van der Waals surface area (Å²) in [5, 5.41) is 10.1. The lowest BCUT2D eigenvalue weighted by Gasteiger charge is -2.19. The third-order valence-corrected chi connectivity index (χ3v) is 7.03. The number of carboxylic acid groups (broad SMARTS) is 1. The van der Waals surface area contributed by atoms with Gasteiger partial charge in [-0.1, -0.05) is 25.5 Å². The molecule has 0 atom stereocenters. The zero-order valence-corrected chi connectivity index (χ0v) is 18.2. The number of hydrogen-bond donors (Lipinski definition) is 1. The van der Waals surface area contributed by atoms with Crippen LogP contribution in [0.2, 0.25) is 0 Å². The Kier molecular flexibility index (Phi) is 6.09. The number of aromatic nitrogens is 1. The van der Waals surface area contributed by atoms with Crippen molar-refractivity contribution in [3.8, 4) is 17.0 Å². The second kappa shape index (κ2) is 8.41. The molecule has 0 aliphatic carbocycles. The molecule has 0 fully saturated rings. The molecule has 1 heterocycles. The van der Waals surface area contributed by atoms with Crippen molar-refractivity contribution in [2.45, 2.75) is 25.7 Å². The van der Waals surface area contributed by atoms with E-state index in [4.69, 9.17) is 4.74 Å². The number of hydrogen-bond acceptors (Lipinski definition) is 5. The maximum absolute atomic E-state index is 12.9. The number of sulfonamides is 1. The SMILES string of the molecule is CCN(CC)S(=O)(=O)c1ccc2nc(-c3cc(C)ccc3OC)cc(C(=O)O)c2c1. The minimum Gasteiger partial charge on any atom is -0.496 e. The molecule has 3 rings (SSSR count). The standard InChI is InChI=1S/C22H24N2O5S/c1-5-24(6-2)30(27,28)15-8-9-19-16(12-15)17(22(25)26)13-20(23-19)18-11-14(3)7-10-21(18)29-4/h7-13H,5-6H2,1-4H3,(H,25,26). The van der Waals surface area contributed by atoms with Gasteiger partial charge in [-0.25, -0.2) is 18.2 Å². The average Bonchev–Trinajstić information content (AvgIpc) is 2.73. The highest BCUT2D eigenvalue weighted by molar-refractivity contribution is 7.89. The first kappa shape index (κ1) is 21.7. The smallest absolute Gasteiger partial charge is 0.336 e. The molecule has 8 heteroatoms. The summed E-state index contributed by atoms with van der Waals surface area (Å²) < 4.78 is 32.5. The molecule has 1 aromatic heterocycles. The van der Waals surface area contributed by atoms with Crippen LogP contribution in [-0.2, 0) is 10.0 Å². The number of benzene rings is 2. The van der Waals surface area contributed by atoms with Gasteiger partial charge in [0.25, 0.3) is 0 Å². The molecule has 0 aliphatic rings. The number of rotatable bonds is 7. The van der Waals surface area contributed by atoms with Crippen LogP contribution in [0.25, 0.3) is 22.2 Å². The van der Waals surface area contributed by atoms with Crippen LogP contribution in [0.5, 0.6) is 5.75 Å². The van der Waals surface area contributed by atoms with Crippen molar-refractivity contribution in [3.05, 3.63) is 53.6 Å². The molecule has 0 saturated heterocycles. The Labute approximate surface area is 176 Å². The van der Waals surface area contributed by atoms with E-state index < -0.39 is 16.0 Å². The van der Waals surface area contributed by atoms with Gasteiger partial charge >= 0.3 is 5.97 Å². The highest BCUT2D eigenvalue weighted by Crippen LogP contribution is 2.33. The number of nitrogens with zero attached hydrogens (tertiary/aromatic N) is 2. The van der Waals surface area contributed by atoms with Gasteiger partial charge in [0.1, 0.15) is 5.75 Å². The van der Waals surface area contributed by atoms with Gasteiger partial charge in [0.2, 0.25) is 10.0 Å². The van der Waals surface area contributed by atoms with Gasteiger partial charge in [-0.05, 0) is 43.3 Å². The first-order chi connectivity index (χ1) is 14.2. The molecule has 3 aromatic rings. The Morgan fingerprint density at radius 3 is 2.40 bits per heavy atom. The van der Waals surface area contributed by atoms with Crippen molar-refractivity contribution >= 4 is 26.9 Å². The molecule has 158 valence electrons. The van der Waals surface area contributed by atoms with E-state index in [1.807, 2.05) is 19.1 Å². The van der Waals surface area contributed by atoms with Gasteiger partial charge < -0.3 is 9.84 Å². The van der Waals surface area contributed by atoms with Crippen molar-refractivity contribution in [2.75, 3.05) is 20.2 Å². The number of ether oxygens (including phenoxy) is 1. The Hall–Kier alpha value is -2.97. The molecule has 1 N–H and O–H groups in total. The van der Waals surface area contributed by atoms with E-state index in [-0.39, 0.29) is 15.8 Å². The molecule has 0 amide bonds. The van der Waals surface area contributed by atoms with E-state index in [0.29, 0.717) is 35.6 Å². The van der Waals surface area contributed by atoms with Crippen LogP contribution in [0.3, 0.4) is 0 Å². The van der Waals surface area contributed by atoms with Gasteiger partial charge in [-0.15, -0.1) is 0 Å². The lowest BCUT2D eigenvalue weighted by molar-refractivity contribution is 0.0699. The summed E-state index contributed by atoms with van der Waals surface area (Å²) in [5.41, 5.74) is 2.47. The third kappa shape index (κ3) is 3.88. The summed E-state index contributed by atoms with van der Waals surface area (Å²) >= 11 is 0. The fourth-order valence-electron chi connectivity index (χ4n) is 3.41. The molecular formula is C22H24N2O5S. The van der Waals surface area contributed by atoms with Crippen LogP contribution in [0.15, 0.2) is 47.4 Å². The Morgan fingerprint density at radius 2 is 1.80 bits per heavy atom. The molecule has 0 bridgehead atoms. The van der Waals surface area contributed by atoms with E-state index >= 15 is 0 Å². The van der Waals surface area contributed by atoms with Crippen molar-refractivity contribution in [1.29, 1.82) is 0 Å². The predicted molar refractivity (Wildman–Crippen MR) is 116 cm³/mol. The monoisotopic (exact) mass is 428 g/mol. The molecular weight excluding hydrogens is 404 g/mol. The number of carbonyl (C=O) groups is 1. The lowest BCUT2D eigenvalue weighted by Crippen LogP contribution is -2.30. The van der Waals surface area contributed by atoms with Crippen molar-refractivity contribution < 1.29 is 23.1 Å². The molecule has 0 unspecified atom stereocenters. The van der Waals surface area contributed by atoms with Crippen molar-refractivity contribution in [3.63, 3.8) is 0 Å². The van der Waals surface area contributed by atoms with Crippen LogP contribution in [0.4, 0.5) is 0 Å². The Bertz CT molecular complexity index is 1220. The fraction of sp³-hybridized carbons (Fsp3) is 0.273. The molecule has 0 aliphatic heterocycles. The largest absolute Gasteiger partial charge is 0.496 e. The molecule has 0 spiro atoms. The topological polar surface area (TPSA) is 96.8 Å². The van der Waals surface area contributed by atoms with Crippen LogP contribution in [0.1, 0.15) is 29.8 Å². The molecule has 7 nitrogen and oxygen atoms in total. The maximum atomic E-state index is 12.9. The van der Waals surface area contributed by atoms with Gasteiger partial charge in [0, 0.05) is 24.0 Å². The summed E-state index contributed by atoms with van der Waals surface area (Å²) in [5.74, 6) is -0.586. The summed E-state index contributed by atoms with van der Waals surface area (Å²) in [6.45, 7) is 6.09. The zero-order chi connectivity index (χ0) is 22.1. The van der Waals surface area contributed by atoms with E-state index in [0.717, 1.165) is 5.56 Å². The van der Waals surface area contributed by atoms with Gasteiger partial charge in [0.15, 0.2) is 0 Å². The first-order valence-electron chi connectivity index (χ1n) is 9.56. The number of pyridine rings is 1. The lowest BCUT2D eigenvalue weighted by atomic mass is 10.0. The van der Waals surface area contributed by atoms with Crippen LogP contribution < -0.4 is 4.74 Å². The number of aromatic carboxylic acids is 1. The van der Waals surface area contributed by atoms with Crippen molar-refractivity contribution in [1.82, 2.24) is 9.29 Å². The second-order valence-electron chi connectivity index (χ2n) is 6.83. The average molecular weight is 429 g/mol. The summed E-state index contributed by atoms with van der Waals surface area (Å²) in [6.07, 6.45) is 0. The number of aryl methyl sites for hydroxylation is 1.